The Hall–Kier alpha value is -0.640. The second kappa shape index (κ2) is 6.34. The van der Waals surface area contributed by atoms with Gasteiger partial charge in [-0.15, -0.1) is 0 Å². The summed E-state index contributed by atoms with van der Waals surface area (Å²) in [5, 5.41) is 0. The van der Waals surface area contributed by atoms with Crippen molar-refractivity contribution in [1.82, 2.24) is 4.90 Å². The smallest absolute Gasteiger partial charge is 0.235 e. The van der Waals surface area contributed by atoms with E-state index in [-0.39, 0.29) is 11.9 Å². The third-order valence-corrected chi connectivity index (χ3v) is 4.37. The van der Waals surface area contributed by atoms with E-state index >= 15 is 0 Å². The molecule has 4 heteroatoms. The maximum Gasteiger partial charge on any atom is 0.235 e. The van der Waals surface area contributed by atoms with E-state index in [0.29, 0.717) is 23.7 Å². The number of thiocarbonyl (C=S) groups is 1. The highest BCUT2D eigenvalue weighted by Crippen LogP contribution is 2.30. The standard InChI is InChI=1S/C13H26N2OS/c1-7-13(8-2,11(14)17)12(16)15(6)10(5)9(3)4/h9-10H,7-8H2,1-6H3,(H2,14,17). The number of carbonyl (C=O) groups excluding carboxylic acids is 1. The lowest BCUT2D eigenvalue weighted by atomic mass is 9.80. The molecule has 0 fully saturated rings. The topological polar surface area (TPSA) is 46.3 Å². The lowest BCUT2D eigenvalue weighted by Crippen LogP contribution is -2.52. The molecule has 0 saturated heterocycles. The van der Waals surface area contributed by atoms with E-state index in [0.717, 1.165) is 0 Å². The van der Waals surface area contributed by atoms with Crippen LogP contribution in [0.1, 0.15) is 47.5 Å². The van der Waals surface area contributed by atoms with Gasteiger partial charge in [0.25, 0.3) is 0 Å². The van der Waals surface area contributed by atoms with Crippen LogP contribution < -0.4 is 5.73 Å². The minimum Gasteiger partial charge on any atom is -0.392 e. The summed E-state index contributed by atoms with van der Waals surface area (Å²) in [4.78, 5) is 14.7. The molecule has 3 nitrogen and oxygen atoms in total. The van der Waals surface area contributed by atoms with E-state index in [2.05, 4.69) is 20.8 Å². The van der Waals surface area contributed by atoms with Gasteiger partial charge in [0.05, 0.1) is 10.4 Å². The van der Waals surface area contributed by atoms with Gasteiger partial charge in [-0.1, -0.05) is 39.9 Å². The average Bonchev–Trinajstić information content (AvgIpc) is 2.28. The maximum atomic E-state index is 12.6. The zero-order valence-electron chi connectivity index (χ0n) is 11.9. The van der Waals surface area contributed by atoms with Gasteiger partial charge in [-0.25, -0.2) is 0 Å². The molecule has 0 rings (SSSR count). The molecule has 0 aromatic carbocycles. The van der Waals surface area contributed by atoms with Gasteiger partial charge in [-0.05, 0) is 25.7 Å². The zero-order chi connectivity index (χ0) is 13.8. The molecule has 0 aliphatic carbocycles. The van der Waals surface area contributed by atoms with E-state index < -0.39 is 5.41 Å². The van der Waals surface area contributed by atoms with E-state index in [1.807, 2.05) is 20.9 Å². The Balaban J connectivity index is 5.17. The maximum absolute atomic E-state index is 12.6. The number of carbonyl (C=O) groups is 1. The molecule has 0 bridgehead atoms. The number of hydrogen-bond donors (Lipinski definition) is 1. The molecule has 0 radical (unpaired) electrons. The fourth-order valence-electron chi connectivity index (χ4n) is 1.98. The number of nitrogens with two attached hydrogens (primary N) is 1. The SMILES string of the molecule is CCC(CC)(C(=O)N(C)C(C)C(C)C)C(N)=S. The summed E-state index contributed by atoms with van der Waals surface area (Å²) in [7, 11) is 1.84. The third-order valence-electron chi connectivity index (χ3n) is 3.98. The van der Waals surface area contributed by atoms with Gasteiger partial charge in [0.15, 0.2) is 0 Å². The molecule has 17 heavy (non-hydrogen) atoms. The minimum absolute atomic E-state index is 0.0520. The predicted molar refractivity (Wildman–Crippen MR) is 76.9 cm³/mol. The quantitative estimate of drug-likeness (QED) is 0.745. The first kappa shape index (κ1) is 16.4. The van der Waals surface area contributed by atoms with Crippen molar-refractivity contribution >= 4 is 23.1 Å². The van der Waals surface area contributed by atoms with Crippen LogP contribution in [0.4, 0.5) is 0 Å². The summed E-state index contributed by atoms with van der Waals surface area (Å²) in [6, 6.07) is 0.189. The Kier molecular flexibility index (Phi) is 6.10. The van der Waals surface area contributed by atoms with Crippen molar-refractivity contribution in [3.8, 4) is 0 Å². The number of hydrogen-bond acceptors (Lipinski definition) is 2. The van der Waals surface area contributed by atoms with Crippen molar-refractivity contribution in [3.05, 3.63) is 0 Å². The summed E-state index contributed by atoms with van der Waals surface area (Å²) >= 11 is 5.11. The summed E-state index contributed by atoms with van der Waals surface area (Å²) in [5.41, 5.74) is 5.12. The molecule has 0 aliphatic heterocycles. The van der Waals surface area contributed by atoms with E-state index in [1.54, 1.807) is 4.90 Å². The van der Waals surface area contributed by atoms with Crippen LogP contribution in [-0.4, -0.2) is 28.9 Å². The highest BCUT2D eigenvalue weighted by molar-refractivity contribution is 7.80. The molecular formula is C13H26N2OS. The summed E-state index contributed by atoms with van der Waals surface area (Å²) in [6.07, 6.45) is 1.32. The number of amides is 1. The molecule has 0 aliphatic rings. The van der Waals surface area contributed by atoms with Crippen molar-refractivity contribution in [3.63, 3.8) is 0 Å². The van der Waals surface area contributed by atoms with Crippen LogP contribution >= 0.6 is 12.2 Å². The fraction of sp³-hybridized carbons (Fsp3) is 0.846. The Labute approximate surface area is 111 Å². The van der Waals surface area contributed by atoms with Crippen LogP contribution in [0.5, 0.6) is 0 Å². The summed E-state index contributed by atoms with van der Waals surface area (Å²) < 4.78 is 0. The monoisotopic (exact) mass is 258 g/mol. The van der Waals surface area contributed by atoms with Gasteiger partial charge < -0.3 is 10.6 Å². The highest BCUT2D eigenvalue weighted by atomic mass is 32.1. The van der Waals surface area contributed by atoms with Crippen LogP contribution in [0.25, 0.3) is 0 Å². The van der Waals surface area contributed by atoms with Crippen LogP contribution in [0, 0.1) is 11.3 Å². The van der Waals surface area contributed by atoms with E-state index in [1.165, 1.54) is 0 Å². The molecule has 100 valence electrons. The molecule has 0 aromatic heterocycles. The molecule has 1 amide bonds. The largest absolute Gasteiger partial charge is 0.392 e. The fourth-order valence-corrected chi connectivity index (χ4v) is 2.35. The molecule has 0 aromatic rings. The van der Waals surface area contributed by atoms with Crippen LogP contribution in [-0.2, 0) is 4.79 Å². The van der Waals surface area contributed by atoms with Gasteiger partial charge in [0.2, 0.25) is 5.91 Å². The molecule has 1 atom stereocenters. The van der Waals surface area contributed by atoms with Gasteiger partial charge in [0.1, 0.15) is 0 Å². The van der Waals surface area contributed by atoms with Crippen LogP contribution in [0.2, 0.25) is 0 Å². The van der Waals surface area contributed by atoms with Gasteiger partial charge in [-0.2, -0.15) is 0 Å². The number of nitrogens with zero attached hydrogens (tertiary/aromatic N) is 1. The summed E-state index contributed by atoms with van der Waals surface area (Å²) in [6.45, 7) is 10.2. The van der Waals surface area contributed by atoms with Crippen molar-refractivity contribution in [1.29, 1.82) is 0 Å². The predicted octanol–water partition coefficient (Wildman–Crippen LogP) is 2.58. The zero-order valence-corrected chi connectivity index (χ0v) is 12.7. The van der Waals surface area contributed by atoms with Crippen LogP contribution in [0.15, 0.2) is 0 Å². The summed E-state index contributed by atoms with van der Waals surface area (Å²) in [5.74, 6) is 0.470. The van der Waals surface area contributed by atoms with Crippen LogP contribution in [0.3, 0.4) is 0 Å². The van der Waals surface area contributed by atoms with Gasteiger partial charge >= 0.3 is 0 Å². The minimum atomic E-state index is -0.673. The van der Waals surface area contributed by atoms with Crippen molar-refractivity contribution in [2.75, 3.05) is 7.05 Å². The highest BCUT2D eigenvalue weighted by Gasteiger charge is 2.41. The van der Waals surface area contributed by atoms with Gasteiger partial charge in [-0.3, -0.25) is 4.79 Å². The third kappa shape index (κ3) is 3.18. The second-order valence-corrected chi connectivity index (χ2v) is 5.49. The Morgan fingerprint density at radius 3 is 1.94 bits per heavy atom. The lowest BCUT2D eigenvalue weighted by Gasteiger charge is -2.37. The first-order valence-electron chi connectivity index (χ1n) is 6.31. The first-order valence-corrected chi connectivity index (χ1v) is 6.72. The van der Waals surface area contributed by atoms with E-state index in [4.69, 9.17) is 18.0 Å². The molecule has 0 spiro atoms. The average molecular weight is 258 g/mol. The Bertz CT molecular complexity index is 285. The normalized spacial score (nSPS) is 13.6. The molecular weight excluding hydrogens is 232 g/mol. The Morgan fingerprint density at radius 2 is 1.71 bits per heavy atom. The molecule has 2 N–H and O–H groups in total. The van der Waals surface area contributed by atoms with E-state index in [9.17, 15) is 4.79 Å². The van der Waals surface area contributed by atoms with Crippen molar-refractivity contribution in [2.24, 2.45) is 17.1 Å². The van der Waals surface area contributed by atoms with Crippen molar-refractivity contribution in [2.45, 2.75) is 53.5 Å². The van der Waals surface area contributed by atoms with Crippen molar-refractivity contribution < 1.29 is 4.79 Å². The molecule has 1 unspecified atom stereocenters. The lowest BCUT2D eigenvalue weighted by molar-refractivity contribution is -0.140. The number of rotatable bonds is 6. The van der Waals surface area contributed by atoms with Gasteiger partial charge in [0, 0.05) is 13.1 Å². The first-order chi connectivity index (χ1) is 7.74. The second-order valence-electron chi connectivity index (χ2n) is 5.05. The molecule has 0 saturated carbocycles. The Morgan fingerprint density at radius 1 is 1.29 bits per heavy atom. The molecule has 0 heterocycles.